The molecule has 0 aliphatic rings. The van der Waals surface area contributed by atoms with Crippen LogP contribution in [0.2, 0.25) is 0 Å². The van der Waals surface area contributed by atoms with Gasteiger partial charge in [0.05, 0.1) is 33.5 Å². The van der Waals surface area contributed by atoms with E-state index >= 15 is 0 Å². The predicted molar refractivity (Wildman–Crippen MR) is 124 cm³/mol. The van der Waals surface area contributed by atoms with E-state index < -0.39 is 0 Å². The number of ether oxygens (including phenoxy) is 4. The molecule has 31 heavy (non-hydrogen) atoms. The molecule has 0 aliphatic heterocycles. The van der Waals surface area contributed by atoms with E-state index in [0.717, 1.165) is 16.7 Å². The monoisotopic (exact) mass is 429 g/mol. The normalized spacial score (nSPS) is 11.8. The number of aliphatic imine (C=N–C) groups is 1. The van der Waals surface area contributed by atoms with Gasteiger partial charge in [-0.25, -0.2) is 0 Å². The number of benzene rings is 2. The zero-order chi connectivity index (χ0) is 22.9. The summed E-state index contributed by atoms with van der Waals surface area (Å²) in [5.41, 5.74) is 3.13. The Labute approximate surface area is 185 Å². The number of nitrogens with zero attached hydrogens (tertiary/aromatic N) is 1. The third kappa shape index (κ3) is 7.68. The second-order valence-electron chi connectivity index (χ2n) is 8.03. The molecular formula is C24H35N3O4. The standard InChI is InChI=1S/C24H35N3O4/c1-24(2,3)31-16-18-10-8-9-17(11-18)14-26-23(25-4)27-15-19-12-20(28-5)22(30-7)21(13-19)29-6/h8-13H,14-16H2,1-7H3,(H2,25,26,27). The van der Waals surface area contributed by atoms with Crippen LogP contribution in [0.25, 0.3) is 0 Å². The molecule has 0 bridgehead atoms. The maximum absolute atomic E-state index is 5.87. The number of hydrogen-bond donors (Lipinski definition) is 2. The highest BCUT2D eigenvalue weighted by molar-refractivity contribution is 5.79. The molecule has 0 aliphatic carbocycles. The first-order valence-corrected chi connectivity index (χ1v) is 10.2. The van der Waals surface area contributed by atoms with E-state index in [2.05, 4.69) is 54.6 Å². The van der Waals surface area contributed by atoms with Crippen LogP contribution < -0.4 is 24.8 Å². The Hall–Kier alpha value is -2.93. The Bertz CT molecular complexity index is 850. The van der Waals surface area contributed by atoms with Gasteiger partial charge in [0.15, 0.2) is 17.5 Å². The number of nitrogens with one attached hydrogen (secondary N) is 2. The molecule has 2 aromatic carbocycles. The predicted octanol–water partition coefficient (Wildman–Crippen LogP) is 3.89. The summed E-state index contributed by atoms with van der Waals surface area (Å²) in [6.07, 6.45) is 0. The fourth-order valence-electron chi connectivity index (χ4n) is 2.96. The molecule has 0 fully saturated rings. The highest BCUT2D eigenvalue weighted by Crippen LogP contribution is 2.38. The average Bonchev–Trinajstić information content (AvgIpc) is 2.76. The van der Waals surface area contributed by atoms with E-state index in [1.165, 1.54) is 0 Å². The van der Waals surface area contributed by atoms with Gasteiger partial charge in [-0.1, -0.05) is 24.3 Å². The molecule has 0 amide bonds. The van der Waals surface area contributed by atoms with Crippen molar-refractivity contribution in [1.29, 1.82) is 0 Å². The van der Waals surface area contributed by atoms with Crippen molar-refractivity contribution >= 4 is 5.96 Å². The molecule has 0 spiro atoms. The van der Waals surface area contributed by atoms with Crippen molar-refractivity contribution in [2.24, 2.45) is 4.99 Å². The van der Waals surface area contributed by atoms with E-state index in [1.54, 1.807) is 28.4 Å². The summed E-state index contributed by atoms with van der Waals surface area (Å²) in [5.74, 6) is 2.52. The second-order valence-corrected chi connectivity index (χ2v) is 8.03. The zero-order valence-corrected chi connectivity index (χ0v) is 19.7. The Morgan fingerprint density at radius 1 is 0.839 bits per heavy atom. The summed E-state index contributed by atoms with van der Waals surface area (Å²) in [6.45, 7) is 7.96. The molecule has 2 N–H and O–H groups in total. The quantitative estimate of drug-likeness (QED) is 0.465. The first kappa shape index (κ1) is 24.3. The largest absolute Gasteiger partial charge is 0.493 e. The van der Waals surface area contributed by atoms with Gasteiger partial charge in [0.2, 0.25) is 5.75 Å². The van der Waals surface area contributed by atoms with Crippen LogP contribution >= 0.6 is 0 Å². The van der Waals surface area contributed by atoms with Crippen LogP contribution in [-0.2, 0) is 24.4 Å². The van der Waals surface area contributed by atoms with Gasteiger partial charge in [0.1, 0.15) is 0 Å². The minimum Gasteiger partial charge on any atom is -0.493 e. The van der Waals surface area contributed by atoms with Crippen molar-refractivity contribution in [3.63, 3.8) is 0 Å². The summed E-state index contributed by atoms with van der Waals surface area (Å²) in [5, 5.41) is 6.66. The topological polar surface area (TPSA) is 73.3 Å². The van der Waals surface area contributed by atoms with E-state index in [4.69, 9.17) is 18.9 Å². The first-order chi connectivity index (χ1) is 14.8. The van der Waals surface area contributed by atoms with Crippen LogP contribution in [-0.4, -0.2) is 39.9 Å². The lowest BCUT2D eigenvalue weighted by Gasteiger charge is -2.20. The van der Waals surface area contributed by atoms with Crippen LogP contribution in [0.4, 0.5) is 0 Å². The summed E-state index contributed by atoms with van der Waals surface area (Å²) < 4.78 is 22.1. The summed E-state index contributed by atoms with van der Waals surface area (Å²) in [4.78, 5) is 4.31. The van der Waals surface area contributed by atoms with Crippen molar-refractivity contribution in [2.45, 2.75) is 46.1 Å². The lowest BCUT2D eigenvalue weighted by atomic mass is 10.1. The SMILES string of the molecule is CN=C(NCc1cccc(COC(C)(C)C)c1)NCc1cc(OC)c(OC)c(OC)c1. The molecular weight excluding hydrogens is 394 g/mol. The van der Waals surface area contributed by atoms with Crippen molar-refractivity contribution in [1.82, 2.24) is 10.6 Å². The fourth-order valence-corrected chi connectivity index (χ4v) is 2.96. The molecule has 0 saturated heterocycles. The summed E-state index contributed by atoms with van der Waals surface area (Å²) in [6, 6.07) is 12.2. The van der Waals surface area contributed by atoms with Gasteiger partial charge < -0.3 is 29.6 Å². The van der Waals surface area contributed by atoms with Crippen LogP contribution in [0.5, 0.6) is 17.2 Å². The van der Waals surface area contributed by atoms with Crippen molar-refractivity contribution in [3.05, 3.63) is 53.1 Å². The van der Waals surface area contributed by atoms with Gasteiger partial charge in [0, 0.05) is 20.1 Å². The molecule has 0 saturated carbocycles. The Balaban J connectivity index is 1.97. The van der Waals surface area contributed by atoms with Gasteiger partial charge in [-0.15, -0.1) is 0 Å². The molecule has 7 nitrogen and oxygen atoms in total. The minimum absolute atomic E-state index is 0.160. The molecule has 170 valence electrons. The van der Waals surface area contributed by atoms with Gasteiger partial charge >= 0.3 is 0 Å². The summed E-state index contributed by atoms with van der Waals surface area (Å²) >= 11 is 0. The minimum atomic E-state index is -0.160. The van der Waals surface area contributed by atoms with Crippen LogP contribution in [0.1, 0.15) is 37.5 Å². The highest BCUT2D eigenvalue weighted by Gasteiger charge is 2.13. The average molecular weight is 430 g/mol. The molecule has 0 heterocycles. The number of guanidine groups is 1. The molecule has 2 aromatic rings. The van der Waals surface area contributed by atoms with Crippen molar-refractivity contribution in [3.8, 4) is 17.2 Å². The molecule has 0 atom stereocenters. The number of hydrogen-bond acceptors (Lipinski definition) is 5. The van der Waals surface area contributed by atoms with Gasteiger partial charge in [-0.2, -0.15) is 0 Å². The number of rotatable bonds is 9. The lowest BCUT2D eigenvalue weighted by molar-refractivity contribution is -0.0149. The third-order valence-electron chi connectivity index (χ3n) is 4.53. The zero-order valence-electron chi connectivity index (χ0n) is 19.7. The smallest absolute Gasteiger partial charge is 0.203 e. The Morgan fingerprint density at radius 3 is 1.94 bits per heavy atom. The van der Waals surface area contributed by atoms with Crippen LogP contribution in [0, 0.1) is 0 Å². The van der Waals surface area contributed by atoms with Gasteiger partial charge in [-0.05, 0) is 49.6 Å². The molecule has 2 rings (SSSR count). The van der Waals surface area contributed by atoms with Gasteiger partial charge in [0.25, 0.3) is 0 Å². The van der Waals surface area contributed by atoms with Crippen LogP contribution in [0.15, 0.2) is 41.4 Å². The fraction of sp³-hybridized carbons (Fsp3) is 0.458. The highest BCUT2D eigenvalue weighted by atomic mass is 16.5. The first-order valence-electron chi connectivity index (χ1n) is 10.2. The maximum atomic E-state index is 5.87. The molecule has 7 heteroatoms. The lowest BCUT2D eigenvalue weighted by Crippen LogP contribution is -2.36. The van der Waals surface area contributed by atoms with E-state index in [0.29, 0.717) is 42.9 Å². The van der Waals surface area contributed by atoms with Crippen molar-refractivity contribution < 1.29 is 18.9 Å². The Morgan fingerprint density at radius 2 is 1.42 bits per heavy atom. The second kappa shape index (κ2) is 11.5. The Kier molecular flexibility index (Phi) is 9.00. The van der Waals surface area contributed by atoms with Gasteiger partial charge in [-0.3, -0.25) is 4.99 Å². The molecule has 0 aromatic heterocycles. The number of methoxy groups -OCH3 is 3. The van der Waals surface area contributed by atoms with E-state index in [9.17, 15) is 0 Å². The third-order valence-corrected chi connectivity index (χ3v) is 4.53. The van der Waals surface area contributed by atoms with Crippen LogP contribution in [0.3, 0.4) is 0 Å². The van der Waals surface area contributed by atoms with E-state index in [1.807, 2.05) is 18.2 Å². The molecule has 0 unspecified atom stereocenters. The maximum Gasteiger partial charge on any atom is 0.203 e. The molecule has 0 radical (unpaired) electrons. The van der Waals surface area contributed by atoms with E-state index in [-0.39, 0.29) is 5.60 Å². The van der Waals surface area contributed by atoms with Crippen molar-refractivity contribution in [2.75, 3.05) is 28.4 Å². The summed E-state index contributed by atoms with van der Waals surface area (Å²) in [7, 11) is 6.55.